The normalized spacial score (nSPS) is 10.2. The lowest BCUT2D eigenvalue weighted by molar-refractivity contribution is -0.384. The molecule has 0 unspecified atom stereocenters. The van der Waals surface area contributed by atoms with Gasteiger partial charge in [-0.3, -0.25) is 14.9 Å². The lowest BCUT2D eigenvalue weighted by atomic mass is 10.2. The number of nitro benzene ring substituents is 1. The summed E-state index contributed by atoms with van der Waals surface area (Å²) in [6, 6.07) is 11.0. The maximum atomic E-state index is 11.7. The first kappa shape index (κ1) is 18.8. The summed E-state index contributed by atoms with van der Waals surface area (Å²) in [5, 5.41) is 17.2. The molecule has 9 heteroatoms. The summed E-state index contributed by atoms with van der Waals surface area (Å²) in [6.45, 7) is 0.410. The highest BCUT2D eigenvalue weighted by molar-refractivity contribution is 6.35. The van der Waals surface area contributed by atoms with Crippen molar-refractivity contribution < 1.29 is 14.5 Å². The van der Waals surface area contributed by atoms with Crippen LogP contribution in [0, 0.1) is 10.1 Å². The number of anilines is 1. The van der Waals surface area contributed by atoms with Crippen LogP contribution in [0.5, 0.6) is 5.75 Å². The number of hydrogen-bond donors (Lipinski definition) is 2. The molecular formula is C16H15Cl2N3O4. The smallest absolute Gasteiger partial charge is 0.292 e. The monoisotopic (exact) mass is 383 g/mol. The number of carbonyl (C=O) groups is 1. The van der Waals surface area contributed by atoms with Crippen LogP contribution in [0.1, 0.15) is 0 Å². The molecule has 7 nitrogen and oxygen atoms in total. The Balaban J connectivity index is 1.73. The number of benzene rings is 2. The van der Waals surface area contributed by atoms with Crippen LogP contribution in [-0.2, 0) is 4.79 Å². The summed E-state index contributed by atoms with van der Waals surface area (Å²) in [6.07, 6.45) is 0. The van der Waals surface area contributed by atoms with Gasteiger partial charge in [-0.25, -0.2) is 0 Å². The van der Waals surface area contributed by atoms with Gasteiger partial charge in [0.05, 0.1) is 9.95 Å². The zero-order valence-corrected chi connectivity index (χ0v) is 14.5. The van der Waals surface area contributed by atoms with Gasteiger partial charge in [-0.15, -0.1) is 0 Å². The van der Waals surface area contributed by atoms with E-state index in [9.17, 15) is 14.9 Å². The third-order valence-corrected chi connectivity index (χ3v) is 3.65. The highest BCUT2D eigenvalue weighted by Gasteiger charge is 2.11. The number of nitrogens with one attached hydrogen (secondary N) is 2. The molecule has 2 aromatic carbocycles. The zero-order chi connectivity index (χ0) is 18.2. The highest BCUT2D eigenvalue weighted by Crippen LogP contribution is 2.27. The second-order valence-electron chi connectivity index (χ2n) is 4.91. The molecule has 2 aromatic rings. The summed E-state index contributed by atoms with van der Waals surface area (Å²) < 4.78 is 5.31. The summed E-state index contributed by atoms with van der Waals surface area (Å²) in [5.74, 6) is 0.0228. The molecule has 0 atom stereocenters. The van der Waals surface area contributed by atoms with Gasteiger partial charge < -0.3 is 15.4 Å². The molecule has 0 bridgehead atoms. The van der Waals surface area contributed by atoms with Crippen LogP contribution in [0.3, 0.4) is 0 Å². The Morgan fingerprint density at radius 1 is 1.16 bits per heavy atom. The number of halogens is 2. The third kappa shape index (κ3) is 5.81. The van der Waals surface area contributed by atoms with E-state index in [2.05, 4.69) is 10.6 Å². The molecule has 2 rings (SSSR count). The minimum atomic E-state index is -0.468. The Morgan fingerprint density at radius 2 is 1.92 bits per heavy atom. The molecule has 0 heterocycles. The Hall–Kier alpha value is -2.51. The van der Waals surface area contributed by atoms with E-state index in [1.54, 1.807) is 30.3 Å². The lowest BCUT2D eigenvalue weighted by Gasteiger charge is -2.10. The molecule has 0 saturated heterocycles. The van der Waals surface area contributed by atoms with Crippen molar-refractivity contribution in [2.45, 2.75) is 0 Å². The number of nitrogens with zero attached hydrogens (tertiary/aromatic N) is 1. The van der Waals surface area contributed by atoms with E-state index >= 15 is 0 Å². The Kier molecular flexibility index (Phi) is 6.85. The molecule has 25 heavy (non-hydrogen) atoms. The third-order valence-electron chi connectivity index (χ3n) is 3.12. The molecule has 2 N–H and O–H groups in total. The van der Waals surface area contributed by atoms with E-state index in [0.29, 0.717) is 28.0 Å². The lowest BCUT2D eigenvalue weighted by Crippen LogP contribution is -2.32. The van der Waals surface area contributed by atoms with Gasteiger partial charge in [0.2, 0.25) is 0 Å². The summed E-state index contributed by atoms with van der Waals surface area (Å²) in [7, 11) is 0. The zero-order valence-electron chi connectivity index (χ0n) is 13.0. The molecule has 0 radical (unpaired) electrons. The first-order chi connectivity index (χ1) is 12.0. The quantitative estimate of drug-likeness (QED) is 0.413. The van der Waals surface area contributed by atoms with Gasteiger partial charge >= 0.3 is 0 Å². The second kappa shape index (κ2) is 9.10. The van der Waals surface area contributed by atoms with Crippen molar-refractivity contribution >= 4 is 40.5 Å². The van der Waals surface area contributed by atoms with Crippen molar-refractivity contribution in [2.75, 3.05) is 25.0 Å². The average Bonchev–Trinajstić information content (AvgIpc) is 2.58. The van der Waals surface area contributed by atoms with Crippen molar-refractivity contribution in [3.63, 3.8) is 0 Å². The molecule has 0 aliphatic heterocycles. The van der Waals surface area contributed by atoms with Crippen LogP contribution >= 0.6 is 23.2 Å². The standard InChI is InChI=1S/C16H15Cl2N3O4/c17-11-5-6-15(12(18)9-11)25-10-16(22)20-8-7-19-13-3-1-2-4-14(13)21(23)24/h1-6,9,19H,7-8,10H2,(H,20,22). The summed E-state index contributed by atoms with van der Waals surface area (Å²) >= 11 is 11.7. The Bertz CT molecular complexity index is 771. The second-order valence-corrected chi connectivity index (χ2v) is 5.76. The van der Waals surface area contributed by atoms with Gasteiger partial charge in [0.15, 0.2) is 6.61 Å². The van der Waals surface area contributed by atoms with E-state index in [-0.39, 0.29) is 24.7 Å². The number of ether oxygens (including phenoxy) is 1. The number of rotatable bonds is 8. The first-order valence-corrected chi connectivity index (χ1v) is 8.05. The van der Waals surface area contributed by atoms with Gasteiger partial charge in [-0.1, -0.05) is 35.3 Å². The SMILES string of the molecule is O=C(COc1ccc(Cl)cc1Cl)NCCNc1ccccc1[N+](=O)[O-]. The van der Waals surface area contributed by atoms with Crippen LogP contribution in [0.4, 0.5) is 11.4 Å². The van der Waals surface area contributed by atoms with E-state index < -0.39 is 4.92 Å². The Labute approximate surface area is 154 Å². The molecule has 0 saturated carbocycles. The molecule has 0 aliphatic rings. The van der Waals surface area contributed by atoms with Crippen molar-refractivity contribution in [2.24, 2.45) is 0 Å². The molecule has 0 aliphatic carbocycles. The average molecular weight is 384 g/mol. The molecule has 0 fully saturated rings. The van der Waals surface area contributed by atoms with E-state index in [1.807, 2.05) is 0 Å². The summed E-state index contributed by atoms with van der Waals surface area (Å²) in [4.78, 5) is 22.2. The number of para-hydroxylation sites is 2. The van der Waals surface area contributed by atoms with Gasteiger partial charge in [-0.2, -0.15) is 0 Å². The number of amides is 1. The van der Waals surface area contributed by atoms with Crippen molar-refractivity contribution in [3.05, 3.63) is 62.6 Å². The molecule has 0 aromatic heterocycles. The van der Waals surface area contributed by atoms with Gasteiger partial charge in [0.25, 0.3) is 11.6 Å². The van der Waals surface area contributed by atoms with Gasteiger partial charge in [0.1, 0.15) is 11.4 Å². The number of carbonyl (C=O) groups excluding carboxylic acids is 1. The van der Waals surface area contributed by atoms with E-state index in [1.165, 1.54) is 12.1 Å². The topological polar surface area (TPSA) is 93.5 Å². The minimum Gasteiger partial charge on any atom is -0.482 e. The van der Waals surface area contributed by atoms with E-state index in [0.717, 1.165) is 0 Å². The predicted octanol–water partition coefficient (Wildman–Crippen LogP) is 3.51. The molecule has 1 amide bonds. The number of nitro groups is 1. The summed E-state index contributed by atoms with van der Waals surface area (Å²) in [5.41, 5.74) is 0.375. The molecule has 132 valence electrons. The Morgan fingerprint density at radius 3 is 2.64 bits per heavy atom. The van der Waals surface area contributed by atoms with Crippen LogP contribution in [0.2, 0.25) is 10.0 Å². The first-order valence-electron chi connectivity index (χ1n) is 7.29. The van der Waals surface area contributed by atoms with Gasteiger partial charge in [0, 0.05) is 24.2 Å². The van der Waals surface area contributed by atoms with E-state index in [4.69, 9.17) is 27.9 Å². The van der Waals surface area contributed by atoms with Gasteiger partial charge in [-0.05, 0) is 24.3 Å². The minimum absolute atomic E-state index is 0.0189. The highest BCUT2D eigenvalue weighted by atomic mass is 35.5. The fourth-order valence-corrected chi connectivity index (χ4v) is 2.43. The molecular weight excluding hydrogens is 369 g/mol. The number of hydrogen-bond acceptors (Lipinski definition) is 5. The van der Waals surface area contributed by atoms with Crippen LogP contribution in [0.15, 0.2) is 42.5 Å². The van der Waals surface area contributed by atoms with Crippen molar-refractivity contribution in [3.8, 4) is 5.75 Å². The van der Waals surface area contributed by atoms with Crippen molar-refractivity contribution in [1.82, 2.24) is 5.32 Å². The fourth-order valence-electron chi connectivity index (χ4n) is 1.97. The van der Waals surface area contributed by atoms with Crippen molar-refractivity contribution in [1.29, 1.82) is 0 Å². The van der Waals surface area contributed by atoms with Crippen LogP contribution < -0.4 is 15.4 Å². The molecule has 0 spiro atoms. The maximum absolute atomic E-state index is 11.7. The van der Waals surface area contributed by atoms with Crippen LogP contribution in [0.25, 0.3) is 0 Å². The maximum Gasteiger partial charge on any atom is 0.292 e. The predicted molar refractivity (Wildman–Crippen MR) is 96.6 cm³/mol. The fraction of sp³-hybridized carbons (Fsp3) is 0.188. The largest absolute Gasteiger partial charge is 0.482 e. The van der Waals surface area contributed by atoms with Crippen LogP contribution in [-0.4, -0.2) is 30.5 Å².